The van der Waals surface area contributed by atoms with E-state index in [0.29, 0.717) is 86.6 Å². The van der Waals surface area contributed by atoms with Gasteiger partial charge in [-0.3, -0.25) is 18.2 Å². The van der Waals surface area contributed by atoms with E-state index in [1.807, 2.05) is 68.6 Å². The maximum atomic E-state index is 12.5. The number of halogens is 2. The standard InChI is InChI=1S/C7H13NO.C7H11N.C6H12OS.5C6H12O.C5H9FO.C5H11F.C5H11NO.6C5H10O.2C5H12O.C5H10O.C4H10O2S.C3H8O.CH4/c1-3-7(4-5-7)6(9)8-2;1-2-7(3-4-7)5-6-8;1-3-6(4-5-6)8(2)7;2*1-5-2-6(3-5)4-7;1-5-2-3-6(7)4-5;1-5-3-2-4-6(5)7;1-2-6(5-7)3-4-6;1-2-5(6)3-7-4-5;1-3-5(2)4-6;1-3-4(2)5(6)7;4*1-4-2-5(6)3-4;2*1-5-2-3-6-4-5;3*1-3-5(2)4-6;1-3-4-7(2,5)6;1-2-3-4;/h3-5H2,1-2H3,(H,8,9);2-5H2,1H3;3-5H2,1-2H3;4*5-7H,2-4H2,1H3;7H,2-5H2,1H3;2-4H2,1H3;5H,3-4H2,1-2H3;4H,3H2,1-2H3,(H2,6,7);4*4-6H,2-3H2,1H3;2*5H,2-4H2,1H3;2*5-6H,3-4H2,1-2H3;6H,2-4H2,1H3;3-4H2,1-2H3;4H,2-3H2,1H3;1H4/t;;;;;2*5-,6?;;;5-;4-;;;;;4*5-;;;;/m.....10..00....1010..../s1/i;;;;;;;;;;;;;;;;;2*4D2;;;2D2,3D2;. The lowest BCUT2D eigenvalue weighted by atomic mass is 9.77. The van der Waals surface area contributed by atoms with Gasteiger partial charge in [0.1, 0.15) is 9.84 Å². The van der Waals surface area contributed by atoms with Gasteiger partial charge in [-0.05, 0) is 331 Å². The van der Waals surface area contributed by atoms with E-state index in [-0.39, 0.29) is 103 Å². The first kappa shape index (κ1) is 141. The Balaban J connectivity index is -0.000000242. The summed E-state index contributed by atoms with van der Waals surface area (Å²) in [6.45, 7) is 54.3. The van der Waals surface area contributed by atoms with E-state index in [1.165, 1.54) is 109 Å². The number of primary amides is 1. The Bertz CT molecular complexity index is 3260. The first-order valence-corrected chi connectivity index (χ1v) is 60.0. The first-order chi connectivity index (χ1) is 70.6. The van der Waals surface area contributed by atoms with Gasteiger partial charge >= 0.3 is 0 Å². The van der Waals surface area contributed by atoms with Crippen molar-refractivity contribution in [3.63, 3.8) is 0 Å². The Labute approximate surface area is 911 Å². The van der Waals surface area contributed by atoms with E-state index >= 15 is 0 Å². The van der Waals surface area contributed by atoms with Crippen LogP contribution in [0.1, 0.15) is 462 Å². The highest BCUT2D eigenvalue weighted by atomic mass is 32.2. The number of nitrogens with zero attached hydrogens (tertiary/aromatic N) is 1. The van der Waals surface area contributed by atoms with E-state index in [2.05, 4.69) is 120 Å². The molecule has 2 amide bonds. The predicted octanol–water partition coefficient (Wildman–Crippen LogP) is 23.2. The number of aliphatic hydroxyl groups excluding tert-OH is 10. The predicted molar refractivity (Wildman–Crippen MR) is 609 cm³/mol. The van der Waals surface area contributed by atoms with Crippen LogP contribution in [0.2, 0.25) is 0 Å². The third kappa shape index (κ3) is 92.8. The normalized spacial score (nSPS) is 29.3. The summed E-state index contributed by atoms with van der Waals surface area (Å²) >= 11 is 0. The van der Waals surface area contributed by atoms with Crippen LogP contribution in [0.25, 0.3) is 0 Å². The molecule has 24 nitrogen and oxygen atoms in total. The van der Waals surface area contributed by atoms with Crippen LogP contribution in [0.3, 0.4) is 0 Å². The van der Waals surface area contributed by atoms with Crippen LogP contribution in [-0.4, -0.2) is 256 Å². The molecule has 3 heterocycles. The van der Waals surface area contributed by atoms with Crippen LogP contribution in [-0.2, 0) is 44.4 Å². The summed E-state index contributed by atoms with van der Waals surface area (Å²) in [5, 5.41) is 123. The highest BCUT2D eigenvalue weighted by Gasteiger charge is 2.48. The van der Waals surface area contributed by atoms with E-state index in [4.69, 9.17) is 97.8 Å². The number of nitrogens with one attached hydrogen (secondary N) is 1. The lowest BCUT2D eigenvalue weighted by molar-refractivity contribution is -0.130. The molecule has 882 valence electrons. The van der Waals surface area contributed by atoms with Crippen LogP contribution >= 0.6 is 0 Å². The number of amides is 2. The van der Waals surface area contributed by atoms with Crippen LogP contribution in [0.15, 0.2) is 12.2 Å². The fourth-order valence-corrected chi connectivity index (χ4v) is 16.8. The second-order valence-electron chi connectivity index (χ2n) is 45.1. The molecule has 0 bridgehead atoms. The van der Waals surface area contributed by atoms with Crippen molar-refractivity contribution in [1.29, 1.82) is 5.26 Å². The number of ether oxygens (including phenoxy) is 3. The van der Waals surface area contributed by atoms with Crippen molar-refractivity contribution in [2.24, 2.45) is 117 Å². The van der Waals surface area contributed by atoms with Crippen LogP contribution < -0.4 is 11.1 Å². The topological polar surface area (TPSA) is 438 Å². The second-order valence-corrected chi connectivity index (χ2v) is 49.1. The summed E-state index contributed by atoms with van der Waals surface area (Å²) in [4.78, 5) is 21.2. The smallest absolute Gasteiger partial charge is 0.225 e. The van der Waals surface area contributed by atoms with Gasteiger partial charge in [-0.2, -0.15) is 5.26 Å². The molecule has 15 rings (SSSR count). The van der Waals surface area contributed by atoms with Crippen LogP contribution in [0.5, 0.6) is 0 Å². The van der Waals surface area contributed by atoms with Crippen molar-refractivity contribution < 1.29 is 123 Å². The molecule has 16 N–H and O–H groups in total. The SMILES string of the molecule is C.C=C(CC)CO.CC1CC(CO)C1.CC1CC(CO)C1.CC1CC(O)C1.CC1CC(O)C1.CC1CC(O)C1.CC1CC(O)C1.CCC1(C(=O)NC)CC1.CCC1(CC#N)CC1.CCC1(CO)CC1.CCC1(F)COC1.CCC1(S(C)=O)CC1.CCCS(C)(=O)=O.CC[C@H](C)C(N)=O.CC[C@H](C)CF.C[C@@H]1CCC(O)C1.C[C@@H]1CCOC1.C[C@H]1CCCC1O.C[C@H]1CCOC1.[2H]C([2H])(C)C([2H])([2H])O.[2H]C([2H])(O)[C@@H](C)CC.[2H]C([2H])(O)[C@H](C)CC. The van der Waals surface area contributed by atoms with Crippen molar-refractivity contribution >= 4 is 32.5 Å². The van der Waals surface area contributed by atoms with Crippen LogP contribution in [0, 0.1) is 122 Å². The minimum Gasteiger partial charge on any atom is -0.396 e. The maximum absolute atomic E-state index is 12.5. The number of aliphatic hydroxyl groups is 13. The number of nitriles is 1. The molecule has 0 spiro atoms. The molecule has 15 aliphatic rings. The fourth-order valence-electron chi connectivity index (χ4n) is 14.9. The van der Waals surface area contributed by atoms with Gasteiger partial charge in [0, 0.05) is 127 Å². The highest BCUT2D eigenvalue weighted by Crippen LogP contribution is 2.52. The molecule has 146 heavy (non-hydrogen) atoms. The molecule has 12 aliphatic carbocycles. The molecule has 0 radical (unpaired) electrons. The number of carbonyl (C=O) groups is 2. The van der Waals surface area contributed by atoms with E-state index in [9.17, 15) is 31.0 Å². The quantitative estimate of drug-likeness (QED) is 0.0399. The van der Waals surface area contributed by atoms with Gasteiger partial charge in [-0.15, -0.1) is 0 Å². The summed E-state index contributed by atoms with van der Waals surface area (Å²) in [6.07, 6.45) is 43.8. The van der Waals surface area contributed by atoms with Crippen molar-refractivity contribution in [1.82, 2.24) is 5.32 Å². The molecule has 12 saturated carbocycles. The third-order valence-electron chi connectivity index (χ3n) is 29.6. The molecule has 3 unspecified atom stereocenters. The molecular weight excluding hydrogens is 1900 g/mol. The van der Waals surface area contributed by atoms with Gasteiger partial charge in [-0.25, -0.2) is 12.8 Å². The molecule has 28 heteroatoms. The van der Waals surface area contributed by atoms with E-state index < -0.39 is 52.4 Å². The Kier molecular flexibility index (Phi) is 92.9. The van der Waals surface area contributed by atoms with Crippen molar-refractivity contribution in [3.05, 3.63) is 12.2 Å². The number of rotatable bonds is 24. The molecule has 3 aliphatic heterocycles. The zero-order valence-electron chi connectivity index (χ0n) is 106. The highest BCUT2D eigenvalue weighted by molar-refractivity contribution is 7.90. The minimum absolute atomic E-state index is 0. The summed E-state index contributed by atoms with van der Waals surface area (Å²) < 4.78 is 123. The number of nitrogens with two attached hydrogens (primary N) is 1. The maximum Gasteiger partial charge on any atom is 0.225 e. The molecule has 0 aromatic heterocycles. The molecular formula is C118H243F2N3O21S2. The minimum atomic E-state index is -2.73. The second kappa shape index (κ2) is 95.9. The summed E-state index contributed by atoms with van der Waals surface area (Å²) in [7, 11) is -1.53. The molecule has 0 aromatic rings. The average molecular weight is 2150 g/mol. The largest absolute Gasteiger partial charge is 0.396 e. The van der Waals surface area contributed by atoms with E-state index in [0.717, 1.165) is 227 Å². The Hall–Kier alpha value is -2.51. The summed E-state index contributed by atoms with van der Waals surface area (Å²) in [5.74, 6) is 9.35. The van der Waals surface area contributed by atoms with Gasteiger partial charge in [-0.1, -0.05) is 225 Å². The summed E-state index contributed by atoms with van der Waals surface area (Å²) in [6, 6.07) is 2.22. The Morgan fingerprint density at radius 3 is 0.938 bits per heavy atom. The molecule has 0 aromatic carbocycles. The lowest BCUT2D eigenvalue weighted by Crippen LogP contribution is -2.44. The van der Waals surface area contributed by atoms with Crippen molar-refractivity contribution in [2.45, 2.75) is 498 Å². The molecule has 15 fully saturated rings. The number of sulfone groups is 1. The number of hydrogen-bond donors (Lipinski definition) is 15. The Morgan fingerprint density at radius 1 is 0.521 bits per heavy atom. The molecule has 11 atom stereocenters. The van der Waals surface area contributed by atoms with Gasteiger partial charge < -0.3 is 91.6 Å². The Morgan fingerprint density at radius 2 is 0.897 bits per heavy atom. The third-order valence-corrected chi connectivity index (χ3v) is 32.7. The van der Waals surface area contributed by atoms with Gasteiger partial charge in [0.25, 0.3) is 0 Å². The number of alkyl halides is 2. The average Bonchev–Trinajstić information content (AvgIpc) is 1.59. The molecule has 3 saturated heterocycles. The van der Waals surface area contributed by atoms with Crippen molar-refractivity contribution in [3.8, 4) is 6.07 Å². The van der Waals surface area contributed by atoms with Gasteiger partial charge in [0.2, 0.25) is 11.8 Å². The van der Waals surface area contributed by atoms with E-state index in [1.54, 1.807) is 20.9 Å². The fraction of sp³-hybridized carbons (Fsp3) is 0.958. The zero-order valence-corrected chi connectivity index (χ0v) is 99.5. The number of hydrogen-bond acceptors (Lipinski definition) is 22. The summed E-state index contributed by atoms with van der Waals surface area (Å²) in [5.41, 5.74) is 5.77. The lowest BCUT2D eigenvalue weighted by Gasteiger charge is -2.32. The van der Waals surface area contributed by atoms with Gasteiger partial charge in [0.05, 0.1) is 77.4 Å². The monoisotopic (exact) mass is 2150 g/mol. The zero-order chi connectivity index (χ0) is 120. The van der Waals surface area contributed by atoms with Gasteiger partial charge in [0.15, 0.2) is 5.67 Å². The number of carbonyl (C=O) groups excluding carboxylic acids is 2. The van der Waals surface area contributed by atoms with Crippen LogP contribution in [0.4, 0.5) is 8.78 Å². The van der Waals surface area contributed by atoms with Crippen molar-refractivity contribution in [2.75, 3.05) is 118 Å². The first-order valence-electron chi connectivity index (χ1n) is 60.4.